The summed E-state index contributed by atoms with van der Waals surface area (Å²) in [4.78, 5) is 13.8. The highest BCUT2D eigenvalue weighted by molar-refractivity contribution is 5.79. The molecule has 3 nitrogen and oxygen atoms in total. The van der Waals surface area contributed by atoms with Crippen LogP contribution in [-0.4, -0.2) is 29.9 Å². The van der Waals surface area contributed by atoms with Gasteiger partial charge in [-0.15, -0.1) is 0 Å². The summed E-state index contributed by atoms with van der Waals surface area (Å²) in [6, 6.07) is 0.225. The zero-order valence-corrected chi connectivity index (χ0v) is 9.33. The Morgan fingerprint density at radius 2 is 1.86 bits per heavy atom. The Balaban J connectivity index is 2.38. The number of nitrogens with zero attached hydrogens (tertiary/aromatic N) is 1. The number of likely N-dealkylation sites (tertiary alicyclic amines) is 1. The van der Waals surface area contributed by atoms with Crippen molar-refractivity contribution in [2.24, 2.45) is 11.7 Å². The molecule has 0 radical (unpaired) electrons. The van der Waals surface area contributed by atoms with Crippen molar-refractivity contribution in [3.05, 3.63) is 0 Å². The first kappa shape index (κ1) is 11.5. The van der Waals surface area contributed by atoms with Crippen LogP contribution < -0.4 is 5.73 Å². The smallest absolute Gasteiger partial charge is 0.225 e. The van der Waals surface area contributed by atoms with E-state index in [2.05, 4.69) is 13.8 Å². The first-order chi connectivity index (χ1) is 6.69. The van der Waals surface area contributed by atoms with Crippen molar-refractivity contribution in [2.75, 3.05) is 13.1 Å². The van der Waals surface area contributed by atoms with Crippen LogP contribution in [0.2, 0.25) is 0 Å². The van der Waals surface area contributed by atoms with Crippen LogP contribution in [0.5, 0.6) is 0 Å². The molecule has 1 heterocycles. The topological polar surface area (TPSA) is 46.3 Å². The van der Waals surface area contributed by atoms with Gasteiger partial charge in [0.05, 0.1) is 0 Å². The maximum absolute atomic E-state index is 11.9. The van der Waals surface area contributed by atoms with Crippen molar-refractivity contribution < 1.29 is 4.79 Å². The maximum Gasteiger partial charge on any atom is 0.225 e. The van der Waals surface area contributed by atoms with Gasteiger partial charge in [0.15, 0.2) is 0 Å². The molecule has 0 aliphatic carbocycles. The van der Waals surface area contributed by atoms with Gasteiger partial charge in [-0.05, 0) is 12.8 Å². The number of nitrogens with two attached hydrogens (primary N) is 1. The minimum atomic E-state index is 0.225. The number of amides is 1. The summed E-state index contributed by atoms with van der Waals surface area (Å²) < 4.78 is 0. The second kappa shape index (κ2) is 5.35. The number of hydrogen-bond donors (Lipinski definition) is 1. The molecule has 1 amide bonds. The van der Waals surface area contributed by atoms with E-state index in [0.717, 1.165) is 38.8 Å². The van der Waals surface area contributed by atoms with Crippen LogP contribution in [-0.2, 0) is 4.79 Å². The molecule has 0 aromatic heterocycles. The predicted molar refractivity (Wildman–Crippen MR) is 57.9 cm³/mol. The molecule has 0 spiro atoms. The Bertz CT molecular complexity index is 182. The van der Waals surface area contributed by atoms with Crippen molar-refractivity contribution in [1.82, 2.24) is 4.90 Å². The maximum atomic E-state index is 11.9. The predicted octanol–water partition coefficient (Wildman–Crippen LogP) is 1.37. The van der Waals surface area contributed by atoms with Crippen molar-refractivity contribution in [3.63, 3.8) is 0 Å². The standard InChI is InChI=1S/C11H22N2O/c1-3-5-9(6-4-2)11(14)13-7-10(12)8-13/h9-10H,3-8,12H2,1-2H3. The van der Waals surface area contributed by atoms with Crippen molar-refractivity contribution in [2.45, 2.75) is 45.6 Å². The van der Waals surface area contributed by atoms with Gasteiger partial charge in [0.1, 0.15) is 0 Å². The Hall–Kier alpha value is -0.570. The molecule has 1 aliphatic rings. The average molecular weight is 198 g/mol. The minimum Gasteiger partial charge on any atom is -0.339 e. The molecule has 3 heteroatoms. The second-order valence-corrected chi connectivity index (χ2v) is 4.28. The molecule has 0 atom stereocenters. The first-order valence-electron chi connectivity index (χ1n) is 5.73. The van der Waals surface area contributed by atoms with Gasteiger partial charge in [0.2, 0.25) is 5.91 Å². The van der Waals surface area contributed by atoms with Gasteiger partial charge in [-0.1, -0.05) is 26.7 Å². The fourth-order valence-electron chi connectivity index (χ4n) is 2.04. The fraction of sp³-hybridized carbons (Fsp3) is 0.909. The lowest BCUT2D eigenvalue weighted by Crippen LogP contribution is -2.59. The highest BCUT2D eigenvalue weighted by Gasteiger charge is 2.31. The van der Waals surface area contributed by atoms with Crippen molar-refractivity contribution in [1.29, 1.82) is 0 Å². The Morgan fingerprint density at radius 3 is 2.21 bits per heavy atom. The SMILES string of the molecule is CCCC(CCC)C(=O)N1CC(N)C1. The summed E-state index contributed by atoms with van der Waals surface area (Å²) in [6.45, 7) is 5.81. The van der Waals surface area contributed by atoms with Gasteiger partial charge < -0.3 is 10.6 Å². The molecular formula is C11H22N2O. The van der Waals surface area contributed by atoms with E-state index in [0.29, 0.717) is 5.91 Å². The minimum absolute atomic E-state index is 0.225. The third-order valence-electron chi connectivity index (χ3n) is 2.84. The fourth-order valence-corrected chi connectivity index (χ4v) is 2.04. The van der Waals surface area contributed by atoms with E-state index in [1.807, 2.05) is 4.90 Å². The number of carbonyl (C=O) groups excluding carboxylic acids is 1. The molecule has 0 saturated carbocycles. The quantitative estimate of drug-likeness (QED) is 0.725. The van der Waals surface area contributed by atoms with E-state index in [-0.39, 0.29) is 12.0 Å². The summed E-state index contributed by atoms with van der Waals surface area (Å²) in [5.41, 5.74) is 5.66. The van der Waals surface area contributed by atoms with Gasteiger partial charge in [-0.2, -0.15) is 0 Å². The highest BCUT2D eigenvalue weighted by atomic mass is 16.2. The van der Waals surface area contributed by atoms with Crippen LogP contribution in [0.15, 0.2) is 0 Å². The summed E-state index contributed by atoms with van der Waals surface area (Å²) in [7, 11) is 0. The summed E-state index contributed by atoms with van der Waals surface area (Å²) in [6.07, 6.45) is 4.24. The third-order valence-corrected chi connectivity index (χ3v) is 2.84. The van der Waals surface area contributed by atoms with Crippen LogP contribution in [0.3, 0.4) is 0 Å². The summed E-state index contributed by atoms with van der Waals surface area (Å²) in [5.74, 6) is 0.577. The Morgan fingerprint density at radius 1 is 1.36 bits per heavy atom. The van der Waals surface area contributed by atoms with Gasteiger partial charge in [0, 0.05) is 25.0 Å². The largest absolute Gasteiger partial charge is 0.339 e. The number of carbonyl (C=O) groups is 1. The molecule has 0 bridgehead atoms. The lowest BCUT2D eigenvalue weighted by molar-refractivity contribution is -0.140. The van der Waals surface area contributed by atoms with Crippen LogP contribution in [0.25, 0.3) is 0 Å². The zero-order chi connectivity index (χ0) is 10.6. The molecule has 0 aromatic carbocycles. The molecule has 1 aliphatic heterocycles. The monoisotopic (exact) mass is 198 g/mol. The van der Waals surface area contributed by atoms with Gasteiger partial charge in [-0.3, -0.25) is 4.79 Å². The van der Waals surface area contributed by atoms with Crippen LogP contribution in [0.1, 0.15) is 39.5 Å². The normalized spacial score (nSPS) is 17.3. The molecule has 1 fully saturated rings. The number of hydrogen-bond acceptors (Lipinski definition) is 2. The molecule has 1 saturated heterocycles. The highest BCUT2D eigenvalue weighted by Crippen LogP contribution is 2.19. The second-order valence-electron chi connectivity index (χ2n) is 4.28. The van der Waals surface area contributed by atoms with E-state index in [9.17, 15) is 4.79 Å². The van der Waals surface area contributed by atoms with Gasteiger partial charge in [-0.25, -0.2) is 0 Å². The van der Waals surface area contributed by atoms with E-state index < -0.39 is 0 Å². The molecule has 0 aromatic rings. The van der Waals surface area contributed by atoms with E-state index in [1.165, 1.54) is 0 Å². The lowest BCUT2D eigenvalue weighted by Gasteiger charge is -2.39. The van der Waals surface area contributed by atoms with E-state index in [4.69, 9.17) is 5.73 Å². The molecular weight excluding hydrogens is 176 g/mol. The first-order valence-corrected chi connectivity index (χ1v) is 5.73. The molecule has 82 valence electrons. The van der Waals surface area contributed by atoms with Gasteiger partial charge in [0.25, 0.3) is 0 Å². The Labute approximate surface area is 86.6 Å². The summed E-state index contributed by atoms with van der Waals surface area (Å²) in [5, 5.41) is 0. The van der Waals surface area contributed by atoms with Crippen molar-refractivity contribution >= 4 is 5.91 Å². The molecule has 2 N–H and O–H groups in total. The average Bonchev–Trinajstić information content (AvgIpc) is 2.12. The third kappa shape index (κ3) is 2.71. The van der Waals surface area contributed by atoms with Gasteiger partial charge >= 0.3 is 0 Å². The lowest BCUT2D eigenvalue weighted by atomic mass is 9.95. The zero-order valence-electron chi connectivity index (χ0n) is 9.33. The van der Waals surface area contributed by atoms with Crippen LogP contribution >= 0.6 is 0 Å². The molecule has 1 rings (SSSR count). The molecule has 0 unspecified atom stereocenters. The van der Waals surface area contributed by atoms with E-state index in [1.54, 1.807) is 0 Å². The summed E-state index contributed by atoms with van der Waals surface area (Å²) >= 11 is 0. The van der Waals surface area contributed by atoms with E-state index >= 15 is 0 Å². The van der Waals surface area contributed by atoms with Crippen LogP contribution in [0.4, 0.5) is 0 Å². The van der Waals surface area contributed by atoms with Crippen molar-refractivity contribution in [3.8, 4) is 0 Å². The Kier molecular flexibility index (Phi) is 4.39. The number of rotatable bonds is 5. The molecule has 14 heavy (non-hydrogen) atoms. The van der Waals surface area contributed by atoms with Crippen LogP contribution in [0, 0.1) is 5.92 Å².